The van der Waals surface area contributed by atoms with Gasteiger partial charge in [0.25, 0.3) is 0 Å². The maximum absolute atomic E-state index is 13.9. The van der Waals surface area contributed by atoms with Gasteiger partial charge in [0, 0.05) is 13.0 Å². The van der Waals surface area contributed by atoms with Gasteiger partial charge in [-0.2, -0.15) is 9.98 Å². The molecule has 2 aliphatic rings. The molecule has 0 atom stereocenters. The summed E-state index contributed by atoms with van der Waals surface area (Å²) >= 11 is 0. The van der Waals surface area contributed by atoms with Crippen molar-refractivity contribution in [3.05, 3.63) is 70.7 Å². The smallest absolute Gasteiger partial charge is 0.224 e. The van der Waals surface area contributed by atoms with E-state index in [0.29, 0.717) is 35.9 Å². The van der Waals surface area contributed by atoms with E-state index >= 15 is 0 Å². The van der Waals surface area contributed by atoms with Crippen LogP contribution >= 0.6 is 0 Å². The topological polar surface area (TPSA) is 79.1 Å². The number of nitrogens with two attached hydrogens (primary N) is 1. The van der Waals surface area contributed by atoms with Crippen molar-refractivity contribution >= 4 is 11.8 Å². The second-order valence-corrected chi connectivity index (χ2v) is 5.68. The van der Waals surface area contributed by atoms with Crippen LogP contribution < -0.4 is 11.2 Å². The number of halogens is 1. The predicted molar refractivity (Wildman–Crippen MR) is 88.6 cm³/mol. The Balaban J connectivity index is 1.71. The molecule has 4 rings (SSSR count). The second kappa shape index (κ2) is 5.61. The molecule has 0 spiro atoms. The molecule has 7 heteroatoms. The lowest BCUT2D eigenvalue weighted by molar-refractivity contribution is 0.409. The zero-order valence-electron chi connectivity index (χ0n) is 13.1. The van der Waals surface area contributed by atoms with Crippen molar-refractivity contribution in [2.75, 3.05) is 6.54 Å². The maximum atomic E-state index is 13.9. The van der Waals surface area contributed by atoms with Crippen LogP contribution in [0.4, 0.5) is 4.39 Å². The lowest BCUT2D eigenvalue weighted by atomic mass is 10.1. The summed E-state index contributed by atoms with van der Waals surface area (Å²) in [5, 5.41) is 1.74. The van der Waals surface area contributed by atoms with Gasteiger partial charge in [-0.15, -0.1) is 0 Å². The van der Waals surface area contributed by atoms with E-state index in [4.69, 9.17) is 10.2 Å². The predicted octanol–water partition coefficient (Wildman–Crippen LogP) is 2.08. The Morgan fingerprint density at radius 2 is 2.08 bits per heavy atom. The van der Waals surface area contributed by atoms with Crippen molar-refractivity contribution in [2.45, 2.75) is 13.3 Å². The van der Waals surface area contributed by atoms with Crippen LogP contribution in [0, 0.1) is 12.7 Å². The van der Waals surface area contributed by atoms with E-state index in [1.165, 1.54) is 6.07 Å². The molecule has 2 aliphatic heterocycles. The third-order valence-corrected chi connectivity index (χ3v) is 3.95. The Labute approximate surface area is 138 Å². The summed E-state index contributed by atoms with van der Waals surface area (Å²) in [6, 6.07) is 10.4. The molecule has 24 heavy (non-hydrogen) atoms. The van der Waals surface area contributed by atoms with Gasteiger partial charge in [-0.3, -0.25) is 0 Å². The van der Waals surface area contributed by atoms with Gasteiger partial charge >= 0.3 is 0 Å². The van der Waals surface area contributed by atoms with Crippen molar-refractivity contribution in [1.29, 1.82) is 0 Å². The molecule has 0 aliphatic carbocycles. The van der Waals surface area contributed by atoms with Gasteiger partial charge in [0.1, 0.15) is 11.6 Å². The normalized spacial score (nSPS) is 17.0. The van der Waals surface area contributed by atoms with Crippen LogP contribution in [0.25, 0.3) is 0 Å². The molecular formula is C17H16FN5O. The Bertz CT molecular complexity index is 896. The number of fused-ring (bicyclic) bond motifs is 1. The molecule has 6 nitrogen and oxygen atoms in total. The SMILES string of the molecule is Cc1ccc(C2=NC(N)=NC3=C(Cc4ccccc4F)CNN23)o1. The first-order chi connectivity index (χ1) is 11.6. The third kappa shape index (κ3) is 2.48. The molecule has 0 amide bonds. The van der Waals surface area contributed by atoms with Crippen LogP contribution in [0.15, 0.2) is 62.2 Å². The molecule has 1 aromatic carbocycles. The van der Waals surface area contributed by atoms with Gasteiger partial charge in [0.05, 0.1) is 0 Å². The zero-order valence-corrected chi connectivity index (χ0v) is 13.1. The fourth-order valence-electron chi connectivity index (χ4n) is 2.82. The van der Waals surface area contributed by atoms with Gasteiger partial charge in [-0.25, -0.2) is 14.8 Å². The number of amidine groups is 1. The minimum atomic E-state index is -0.229. The molecule has 3 heterocycles. The van der Waals surface area contributed by atoms with Crippen LogP contribution in [0.1, 0.15) is 17.1 Å². The Morgan fingerprint density at radius 3 is 2.83 bits per heavy atom. The van der Waals surface area contributed by atoms with E-state index in [1.54, 1.807) is 17.1 Å². The van der Waals surface area contributed by atoms with Gasteiger partial charge in [-0.05, 0) is 36.3 Å². The van der Waals surface area contributed by atoms with Crippen LogP contribution in [-0.2, 0) is 6.42 Å². The zero-order chi connectivity index (χ0) is 16.7. The number of aliphatic imine (C=N–C) groups is 2. The average molecular weight is 325 g/mol. The number of hydrogen-bond acceptors (Lipinski definition) is 6. The van der Waals surface area contributed by atoms with Crippen LogP contribution in [-0.4, -0.2) is 23.3 Å². The molecule has 0 unspecified atom stereocenters. The fourth-order valence-corrected chi connectivity index (χ4v) is 2.82. The van der Waals surface area contributed by atoms with Crippen molar-refractivity contribution < 1.29 is 8.81 Å². The first-order valence-electron chi connectivity index (χ1n) is 7.60. The summed E-state index contributed by atoms with van der Waals surface area (Å²) in [6.07, 6.45) is 0.451. The van der Waals surface area contributed by atoms with Gasteiger partial charge in [0.15, 0.2) is 17.4 Å². The van der Waals surface area contributed by atoms with E-state index in [9.17, 15) is 4.39 Å². The van der Waals surface area contributed by atoms with Crippen molar-refractivity contribution in [2.24, 2.45) is 15.7 Å². The summed E-state index contributed by atoms with van der Waals surface area (Å²) < 4.78 is 19.6. The summed E-state index contributed by atoms with van der Waals surface area (Å²) in [5.74, 6) is 2.50. The summed E-state index contributed by atoms with van der Waals surface area (Å²) in [6.45, 7) is 2.40. The van der Waals surface area contributed by atoms with Crippen LogP contribution in [0.2, 0.25) is 0 Å². The highest BCUT2D eigenvalue weighted by Crippen LogP contribution is 2.26. The van der Waals surface area contributed by atoms with Gasteiger partial charge < -0.3 is 10.2 Å². The van der Waals surface area contributed by atoms with E-state index in [0.717, 1.165) is 11.3 Å². The van der Waals surface area contributed by atoms with Gasteiger partial charge in [-0.1, -0.05) is 18.2 Å². The first kappa shape index (κ1) is 14.6. The third-order valence-electron chi connectivity index (χ3n) is 3.95. The van der Waals surface area contributed by atoms with Crippen LogP contribution in [0.3, 0.4) is 0 Å². The average Bonchev–Trinajstić information content (AvgIpc) is 3.16. The lowest BCUT2D eigenvalue weighted by Crippen LogP contribution is -2.41. The highest BCUT2D eigenvalue weighted by molar-refractivity contribution is 6.06. The molecule has 3 N–H and O–H groups in total. The van der Waals surface area contributed by atoms with E-state index in [1.807, 2.05) is 25.1 Å². The monoisotopic (exact) mass is 325 g/mol. The number of hydrogen-bond donors (Lipinski definition) is 2. The number of hydrazine groups is 1. The highest BCUT2D eigenvalue weighted by atomic mass is 19.1. The van der Waals surface area contributed by atoms with Crippen molar-refractivity contribution in [3.63, 3.8) is 0 Å². The van der Waals surface area contributed by atoms with Gasteiger partial charge in [0.2, 0.25) is 5.96 Å². The second-order valence-electron chi connectivity index (χ2n) is 5.68. The molecule has 122 valence electrons. The molecule has 0 saturated heterocycles. The van der Waals surface area contributed by atoms with Crippen LogP contribution in [0.5, 0.6) is 0 Å². The number of benzene rings is 1. The van der Waals surface area contributed by atoms with E-state index in [-0.39, 0.29) is 11.8 Å². The van der Waals surface area contributed by atoms with E-state index < -0.39 is 0 Å². The fraction of sp³-hybridized carbons (Fsp3) is 0.176. The molecule has 0 fully saturated rings. The highest BCUT2D eigenvalue weighted by Gasteiger charge is 2.31. The van der Waals surface area contributed by atoms with Crippen molar-refractivity contribution in [3.8, 4) is 0 Å². The largest absolute Gasteiger partial charge is 0.458 e. The maximum Gasteiger partial charge on any atom is 0.224 e. The lowest BCUT2D eigenvalue weighted by Gasteiger charge is -2.23. The molecule has 0 bridgehead atoms. The Morgan fingerprint density at radius 1 is 1.25 bits per heavy atom. The molecular weight excluding hydrogens is 309 g/mol. The summed E-state index contributed by atoms with van der Waals surface area (Å²) in [4.78, 5) is 8.59. The number of guanidine groups is 1. The molecule has 2 aromatic rings. The van der Waals surface area contributed by atoms with Crippen molar-refractivity contribution in [1.82, 2.24) is 10.4 Å². The number of furan rings is 1. The minimum Gasteiger partial charge on any atom is -0.458 e. The number of nitrogens with one attached hydrogen (secondary N) is 1. The molecule has 0 saturated carbocycles. The number of rotatable bonds is 3. The summed E-state index contributed by atoms with van der Waals surface area (Å²) in [5.41, 5.74) is 10.6. The standard InChI is InChI=1S/C17H16FN5O/c1-10-6-7-14(24-10)16-22-17(19)21-15-12(9-20-23(15)16)8-11-4-2-3-5-13(11)18/h2-7,20H,8-9H2,1H3,(H2,19,21). The minimum absolute atomic E-state index is 0.153. The first-order valence-corrected chi connectivity index (χ1v) is 7.60. The number of aryl methyl sites for hydroxylation is 1. The molecule has 1 aromatic heterocycles. The number of nitrogens with zero attached hydrogens (tertiary/aromatic N) is 3. The summed E-state index contributed by atoms with van der Waals surface area (Å²) in [7, 11) is 0. The quantitative estimate of drug-likeness (QED) is 0.905. The Hall–Kier alpha value is -2.93. The van der Waals surface area contributed by atoms with E-state index in [2.05, 4.69) is 15.4 Å². The Kier molecular flexibility index (Phi) is 3.42. The molecule has 0 radical (unpaired) electrons.